The lowest BCUT2D eigenvalue weighted by molar-refractivity contribution is -0.141. The quantitative estimate of drug-likeness (QED) is 0.398. The smallest absolute Gasteiger partial charge is 0.410 e. The zero-order valence-electron chi connectivity index (χ0n) is 29.4. The Hall–Kier alpha value is -3.40. The minimum atomic E-state index is -3.87. The van der Waals surface area contributed by atoms with Gasteiger partial charge in [0, 0.05) is 24.0 Å². The molecule has 2 saturated carbocycles. The van der Waals surface area contributed by atoms with Crippen LogP contribution in [0.2, 0.25) is 0 Å². The van der Waals surface area contributed by atoms with Crippen molar-refractivity contribution in [2.24, 2.45) is 5.92 Å². The number of amides is 5. The van der Waals surface area contributed by atoms with E-state index in [1.165, 1.54) is 4.90 Å². The third-order valence-corrected chi connectivity index (χ3v) is 12.7. The lowest BCUT2D eigenvalue weighted by atomic mass is 10.0. The molecule has 5 aliphatic rings. The fourth-order valence-electron chi connectivity index (χ4n) is 7.41. The molecule has 2 saturated heterocycles. The topological polar surface area (TPSA) is 181 Å². The van der Waals surface area contributed by atoms with Gasteiger partial charge >= 0.3 is 12.2 Å². The number of fused-ring (bicyclic) bond motifs is 3. The lowest BCUT2D eigenvalue weighted by Crippen LogP contribution is -2.58. The van der Waals surface area contributed by atoms with E-state index in [-0.39, 0.29) is 25.3 Å². The first-order chi connectivity index (χ1) is 24.0. The van der Waals surface area contributed by atoms with Crippen LogP contribution in [0.25, 0.3) is 0 Å². The number of benzene rings is 1. The van der Waals surface area contributed by atoms with Crippen molar-refractivity contribution < 1.29 is 41.9 Å². The predicted octanol–water partition coefficient (Wildman–Crippen LogP) is 3.99. The maximum atomic E-state index is 14.3. The Bertz CT molecular complexity index is 1680. The van der Waals surface area contributed by atoms with Crippen LogP contribution in [0.15, 0.2) is 22.7 Å². The highest BCUT2D eigenvalue weighted by molar-refractivity contribution is 9.10. The van der Waals surface area contributed by atoms with Crippen LogP contribution in [-0.4, -0.2) is 89.2 Å². The second-order valence-electron chi connectivity index (χ2n) is 15.6. The molecule has 3 aliphatic heterocycles. The molecule has 1 aromatic carbocycles. The molecular weight excluding hydrogens is 746 g/mol. The Morgan fingerprint density at radius 3 is 2.37 bits per heavy atom. The maximum absolute atomic E-state index is 14.3. The number of halogens is 1. The van der Waals surface area contributed by atoms with Crippen molar-refractivity contribution in [3.8, 4) is 0 Å². The van der Waals surface area contributed by atoms with Gasteiger partial charge in [-0.3, -0.25) is 24.0 Å². The average molecular weight is 795 g/mol. The van der Waals surface area contributed by atoms with Gasteiger partial charge in [0.1, 0.15) is 29.3 Å². The summed E-state index contributed by atoms with van der Waals surface area (Å²) in [5.74, 6) is -2.21. The van der Waals surface area contributed by atoms with Gasteiger partial charge in [0.2, 0.25) is 21.8 Å². The summed E-state index contributed by atoms with van der Waals surface area (Å²) in [6.07, 6.45) is 3.85. The van der Waals surface area contributed by atoms with Crippen LogP contribution in [0.5, 0.6) is 0 Å². The highest BCUT2D eigenvalue weighted by Crippen LogP contribution is 2.48. The van der Waals surface area contributed by atoms with Crippen molar-refractivity contribution in [2.75, 3.05) is 6.54 Å². The highest BCUT2D eigenvalue weighted by Gasteiger charge is 2.62. The summed E-state index contributed by atoms with van der Waals surface area (Å²) in [5.41, 5.74) is -0.272. The van der Waals surface area contributed by atoms with Gasteiger partial charge in [0.25, 0.3) is 5.91 Å². The number of alkyl carbamates (subject to hydrolysis) is 1. The normalized spacial score (nSPS) is 28.6. The Kier molecular flexibility index (Phi) is 10.7. The van der Waals surface area contributed by atoms with E-state index in [0.717, 1.165) is 41.3 Å². The molecule has 6 rings (SSSR count). The van der Waals surface area contributed by atoms with Crippen molar-refractivity contribution in [1.29, 1.82) is 0 Å². The molecule has 5 amide bonds. The van der Waals surface area contributed by atoms with E-state index < -0.39 is 74.5 Å². The summed E-state index contributed by atoms with van der Waals surface area (Å²) in [6, 6.07) is 3.62. The maximum Gasteiger partial charge on any atom is 0.410 e. The van der Waals surface area contributed by atoms with Crippen LogP contribution in [-0.2, 0) is 47.0 Å². The van der Waals surface area contributed by atoms with Crippen molar-refractivity contribution >= 4 is 55.9 Å². The number of sulfonamides is 1. The van der Waals surface area contributed by atoms with Gasteiger partial charge in [-0.1, -0.05) is 54.1 Å². The molecule has 3 N–H and O–H groups in total. The van der Waals surface area contributed by atoms with Crippen molar-refractivity contribution in [3.05, 3.63) is 33.8 Å². The zero-order valence-corrected chi connectivity index (χ0v) is 31.8. The average Bonchev–Trinajstić information content (AvgIpc) is 3.93. The molecule has 0 radical (unpaired) electrons. The number of carbonyl (C=O) groups excluding carboxylic acids is 5. The Morgan fingerprint density at radius 1 is 0.980 bits per heavy atom. The van der Waals surface area contributed by atoms with Gasteiger partial charge in [-0.05, 0) is 82.1 Å². The minimum absolute atomic E-state index is 0.0441. The lowest BCUT2D eigenvalue weighted by Gasteiger charge is -2.30. The predicted molar refractivity (Wildman–Crippen MR) is 188 cm³/mol. The number of rotatable bonds is 5. The highest BCUT2D eigenvalue weighted by atomic mass is 79.9. The number of ether oxygens (including phenoxy) is 2. The van der Waals surface area contributed by atoms with Crippen LogP contribution in [0.4, 0.5) is 9.59 Å². The summed E-state index contributed by atoms with van der Waals surface area (Å²) in [4.78, 5) is 71.4. The fraction of sp³-hybridized carbons (Fsp3) is 0.686. The first-order valence-electron chi connectivity index (χ1n) is 18.0. The fourth-order valence-corrected chi connectivity index (χ4v) is 9.18. The zero-order chi connectivity index (χ0) is 36.7. The molecule has 0 aromatic heterocycles. The molecule has 4 fully saturated rings. The Morgan fingerprint density at radius 2 is 1.67 bits per heavy atom. The van der Waals surface area contributed by atoms with E-state index in [1.807, 2.05) is 18.2 Å². The number of nitrogens with one attached hydrogen (secondary N) is 3. The molecular formula is C35H48BrN5O9S. The Balaban J connectivity index is 1.24. The van der Waals surface area contributed by atoms with Crippen LogP contribution >= 0.6 is 15.9 Å². The van der Waals surface area contributed by atoms with Crippen molar-refractivity contribution in [2.45, 2.75) is 139 Å². The largest absolute Gasteiger partial charge is 0.444 e. The summed E-state index contributed by atoms with van der Waals surface area (Å²) < 4.78 is 40.0. The van der Waals surface area contributed by atoms with Gasteiger partial charge in [-0.2, -0.15) is 0 Å². The number of hydrogen-bond donors (Lipinski definition) is 3. The minimum Gasteiger partial charge on any atom is -0.444 e. The van der Waals surface area contributed by atoms with E-state index in [2.05, 4.69) is 31.3 Å². The third-order valence-electron chi connectivity index (χ3n) is 10.4. The van der Waals surface area contributed by atoms with Crippen molar-refractivity contribution in [1.82, 2.24) is 25.2 Å². The van der Waals surface area contributed by atoms with E-state index in [4.69, 9.17) is 9.47 Å². The van der Waals surface area contributed by atoms with Gasteiger partial charge in [-0.25, -0.2) is 18.0 Å². The molecule has 16 heteroatoms. The SMILES string of the molecule is CC(C)(C)OC(=O)N[C@H]1CCCCCCC[C@@H]2C[C@@]2(C(=O)NS(=O)(=O)C2CC2)NC(=O)[C@@H]2C[C@@H](OC(=O)N3Cc4ccc(Br)cc4C3)CN2C1=O. The molecule has 14 nitrogen and oxygen atoms in total. The molecule has 3 heterocycles. The standard InChI is InChI=1S/C35H48BrN5O9S/c1-34(2,3)50-32(45)37-27-10-8-6-4-5-7-9-23-17-35(23,31(44)39-51(47,48)26-13-14-26)38-29(42)28-16-25(20-41(28)30(27)43)49-33(46)40-18-21-11-12-24(36)15-22(21)19-40/h11-12,15,23,25-28H,4-10,13-14,16-20H2,1-3H3,(H,37,45)(H,38,42)(H,39,44)/t23-,25-,27+,28+,35-/m1/s1. The van der Waals surface area contributed by atoms with Crippen LogP contribution in [0.3, 0.4) is 0 Å². The van der Waals surface area contributed by atoms with E-state index in [1.54, 1.807) is 25.7 Å². The monoisotopic (exact) mass is 793 g/mol. The molecule has 0 spiro atoms. The molecule has 0 bridgehead atoms. The van der Waals surface area contributed by atoms with Gasteiger partial charge in [0.15, 0.2) is 0 Å². The van der Waals surface area contributed by atoms with Crippen LogP contribution < -0.4 is 15.4 Å². The van der Waals surface area contributed by atoms with Crippen LogP contribution in [0, 0.1) is 5.92 Å². The number of carbonyl (C=O) groups is 5. The summed E-state index contributed by atoms with van der Waals surface area (Å²) in [5, 5.41) is 4.96. The van der Waals surface area contributed by atoms with Gasteiger partial charge in [0.05, 0.1) is 11.8 Å². The second kappa shape index (κ2) is 14.6. The summed E-state index contributed by atoms with van der Waals surface area (Å²) in [6.45, 7) is 5.74. The number of hydrogen-bond acceptors (Lipinski definition) is 9. The van der Waals surface area contributed by atoms with Gasteiger partial charge < -0.3 is 25.0 Å². The summed E-state index contributed by atoms with van der Waals surface area (Å²) >= 11 is 3.46. The van der Waals surface area contributed by atoms with E-state index in [9.17, 15) is 32.4 Å². The first kappa shape index (κ1) is 37.4. The molecule has 2 aliphatic carbocycles. The van der Waals surface area contributed by atoms with E-state index >= 15 is 0 Å². The second-order valence-corrected chi connectivity index (χ2v) is 18.5. The molecule has 51 heavy (non-hydrogen) atoms. The van der Waals surface area contributed by atoms with Gasteiger partial charge in [-0.15, -0.1) is 0 Å². The molecule has 0 unspecified atom stereocenters. The first-order valence-corrected chi connectivity index (χ1v) is 20.3. The molecule has 5 atom stereocenters. The van der Waals surface area contributed by atoms with E-state index in [0.29, 0.717) is 45.2 Å². The molecule has 280 valence electrons. The number of nitrogens with zero attached hydrogens (tertiary/aromatic N) is 2. The van der Waals surface area contributed by atoms with Crippen LogP contribution in [0.1, 0.15) is 103 Å². The molecule has 1 aromatic rings. The Labute approximate surface area is 307 Å². The van der Waals surface area contributed by atoms with Crippen molar-refractivity contribution in [3.63, 3.8) is 0 Å². The summed E-state index contributed by atoms with van der Waals surface area (Å²) in [7, 11) is -3.87. The third kappa shape index (κ3) is 8.81.